The van der Waals surface area contributed by atoms with Gasteiger partial charge in [-0.25, -0.2) is 0 Å². The Balaban J connectivity index is 1.48. The van der Waals surface area contributed by atoms with Crippen molar-refractivity contribution in [3.63, 3.8) is 0 Å². The summed E-state index contributed by atoms with van der Waals surface area (Å²) in [6.07, 6.45) is 15.8. The maximum Gasteiger partial charge on any atom is 0.0836 e. The van der Waals surface area contributed by atoms with E-state index in [4.69, 9.17) is 0 Å². The largest absolute Gasteiger partial charge is 0.328 e. The van der Waals surface area contributed by atoms with Crippen molar-refractivity contribution in [1.29, 1.82) is 0 Å². The summed E-state index contributed by atoms with van der Waals surface area (Å²) < 4.78 is 4.67. The number of unbranched alkanes of at least 4 members (excludes halogenated alkanes) is 5. The number of hydrogen-bond acceptors (Lipinski definition) is 0. The summed E-state index contributed by atoms with van der Waals surface area (Å²) in [5, 5.41) is 0. The second kappa shape index (κ2) is 19.7. The predicted molar refractivity (Wildman–Crippen MR) is 194 cm³/mol. The zero-order chi connectivity index (χ0) is 32.4. The molecule has 0 fully saturated rings. The molecule has 0 aliphatic carbocycles. The molecule has 2 aromatic carbocycles. The quantitative estimate of drug-likeness (QED) is 0.0799. The molecule has 0 aromatic heterocycles. The van der Waals surface area contributed by atoms with Gasteiger partial charge in [-0.2, -0.15) is 0 Å². The van der Waals surface area contributed by atoms with Gasteiger partial charge in [-0.3, -0.25) is 0 Å². The van der Waals surface area contributed by atoms with E-state index in [0.29, 0.717) is 0 Å². The third-order valence-electron chi connectivity index (χ3n) is 9.97. The third kappa shape index (κ3) is 18.9. The Morgan fingerprint density at radius 3 is 0.841 bits per heavy atom. The first kappa shape index (κ1) is 38.5. The zero-order valence-electron chi connectivity index (χ0n) is 30.7. The molecule has 0 saturated heterocycles. The summed E-state index contributed by atoms with van der Waals surface area (Å²) >= 11 is 0. The van der Waals surface area contributed by atoms with Gasteiger partial charge in [-0.05, 0) is 75.3 Å². The number of quaternary nitrogens is 4. The van der Waals surface area contributed by atoms with Gasteiger partial charge in [0.2, 0.25) is 0 Å². The number of rotatable bonds is 25. The topological polar surface area (TPSA) is 0 Å². The standard InChI is InChI=1S/C40H74N4/c1-41(2,35-23-37-43(5,6)33-21-17-29-39-25-13-11-14-26-39)31-19-9-10-20-32-42(3,4)36-24-38-44(7,8)34-22-18-30-40-27-15-12-16-28-40/h11-16,25-28H,9-10,17-24,29-38H2,1-8H3/q+4. The Hall–Kier alpha value is -1.72. The minimum absolute atomic E-state index is 1.16. The molecule has 0 amide bonds. The lowest BCUT2D eigenvalue weighted by molar-refractivity contribution is -0.910. The van der Waals surface area contributed by atoms with Crippen molar-refractivity contribution in [3.8, 4) is 0 Å². The molecule has 2 aromatic rings. The van der Waals surface area contributed by atoms with Crippen LogP contribution in [0.4, 0.5) is 0 Å². The lowest BCUT2D eigenvalue weighted by atomic mass is 10.1. The van der Waals surface area contributed by atoms with Crippen LogP contribution in [0.15, 0.2) is 60.7 Å². The summed E-state index contributed by atoms with van der Waals surface area (Å²) in [6, 6.07) is 21.9. The molecule has 4 heteroatoms. The number of hydrogen-bond donors (Lipinski definition) is 0. The van der Waals surface area contributed by atoms with Crippen LogP contribution < -0.4 is 0 Å². The van der Waals surface area contributed by atoms with Crippen molar-refractivity contribution < 1.29 is 17.9 Å². The highest BCUT2D eigenvalue weighted by Crippen LogP contribution is 2.13. The molecule has 0 aliphatic rings. The molecule has 0 saturated carbocycles. The summed E-state index contributed by atoms with van der Waals surface area (Å²) in [5.74, 6) is 0. The fraction of sp³-hybridized carbons (Fsp3) is 0.700. The van der Waals surface area contributed by atoms with Gasteiger partial charge in [0, 0.05) is 12.8 Å². The molecule has 0 atom stereocenters. The smallest absolute Gasteiger partial charge is 0.0836 e. The first-order valence-corrected chi connectivity index (χ1v) is 18.1. The average Bonchev–Trinajstić information content (AvgIpc) is 2.96. The van der Waals surface area contributed by atoms with Gasteiger partial charge in [0.05, 0.1) is 109 Å². The zero-order valence-corrected chi connectivity index (χ0v) is 30.7. The first-order chi connectivity index (χ1) is 20.8. The maximum absolute atomic E-state index is 2.45. The normalized spacial score (nSPS) is 13.0. The van der Waals surface area contributed by atoms with Gasteiger partial charge >= 0.3 is 0 Å². The van der Waals surface area contributed by atoms with Crippen LogP contribution in [0.25, 0.3) is 0 Å². The molecule has 2 rings (SSSR count). The van der Waals surface area contributed by atoms with Crippen molar-refractivity contribution in [2.75, 3.05) is 109 Å². The van der Waals surface area contributed by atoms with E-state index in [0.717, 1.165) is 8.97 Å². The molecule has 0 bridgehead atoms. The minimum atomic E-state index is 1.16. The molecule has 0 radical (unpaired) electrons. The van der Waals surface area contributed by atoms with E-state index < -0.39 is 0 Å². The van der Waals surface area contributed by atoms with Crippen LogP contribution in [-0.2, 0) is 12.8 Å². The Labute approximate surface area is 275 Å². The molecular weight excluding hydrogens is 536 g/mol. The van der Waals surface area contributed by atoms with Gasteiger partial charge in [0.15, 0.2) is 0 Å². The molecule has 0 spiro atoms. The fourth-order valence-corrected chi connectivity index (χ4v) is 6.76. The molecule has 44 heavy (non-hydrogen) atoms. The molecule has 0 N–H and O–H groups in total. The Morgan fingerprint density at radius 2 is 0.545 bits per heavy atom. The maximum atomic E-state index is 2.45. The van der Waals surface area contributed by atoms with Gasteiger partial charge in [-0.1, -0.05) is 60.7 Å². The van der Waals surface area contributed by atoms with Crippen molar-refractivity contribution >= 4 is 0 Å². The van der Waals surface area contributed by atoms with Crippen molar-refractivity contribution in [2.45, 2.75) is 77.0 Å². The lowest BCUT2D eigenvalue weighted by Gasteiger charge is -2.34. The second-order valence-corrected chi connectivity index (χ2v) is 16.5. The van der Waals surface area contributed by atoms with E-state index in [2.05, 4.69) is 117 Å². The van der Waals surface area contributed by atoms with Gasteiger partial charge in [0.1, 0.15) is 0 Å². The molecule has 250 valence electrons. The summed E-state index contributed by atoms with van der Waals surface area (Å²) in [6.45, 7) is 10.4. The van der Waals surface area contributed by atoms with E-state index in [1.165, 1.54) is 150 Å². The van der Waals surface area contributed by atoms with E-state index in [1.807, 2.05) is 0 Å². The molecule has 4 nitrogen and oxygen atoms in total. The van der Waals surface area contributed by atoms with Crippen molar-refractivity contribution in [2.24, 2.45) is 0 Å². The SMILES string of the molecule is C[N+](C)(CCCCCC[N+](C)(C)CCC[N+](C)(C)CCCCc1ccccc1)CCC[N+](C)(C)CCCCc1ccccc1. The average molecular weight is 611 g/mol. The Bertz CT molecular complexity index is 899. The molecular formula is C40H74N4+4. The van der Waals surface area contributed by atoms with Crippen LogP contribution in [0.5, 0.6) is 0 Å². The highest BCUT2D eigenvalue weighted by Gasteiger charge is 2.21. The van der Waals surface area contributed by atoms with Gasteiger partial charge < -0.3 is 17.9 Å². The summed E-state index contributed by atoms with van der Waals surface area (Å²) in [5.41, 5.74) is 2.96. The number of nitrogens with zero attached hydrogens (tertiary/aromatic N) is 4. The molecule has 0 heterocycles. The van der Waals surface area contributed by atoms with Crippen molar-refractivity contribution in [3.05, 3.63) is 71.8 Å². The monoisotopic (exact) mass is 611 g/mol. The Kier molecular flexibility index (Phi) is 17.2. The number of aryl methyl sites for hydroxylation is 2. The molecule has 0 unspecified atom stereocenters. The van der Waals surface area contributed by atoms with Crippen LogP contribution >= 0.6 is 0 Å². The van der Waals surface area contributed by atoms with E-state index >= 15 is 0 Å². The van der Waals surface area contributed by atoms with Crippen LogP contribution in [0, 0.1) is 0 Å². The van der Waals surface area contributed by atoms with Crippen LogP contribution in [0.3, 0.4) is 0 Å². The van der Waals surface area contributed by atoms with E-state index in [9.17, 15) is 0 Å². The van der Waals surface area contributed by atoms with Gasteiger partial charge in [0.25, 0.3) is 0 Å². The minimum Gasteiger partial charge on any atom is -0.328 e. The van der Waals surface area contributed by atoms with Crippen LogP contribution in [0.2, 0.25) is 0 Å². The van der Waals surface area contributed by atoms with Crippen molar-refractivity contribution in [1.82, 2.24) is 0 Å². The fourth-order valence-electron chi connectivity index (χ4n) is 6.76. The van der Waals surface area contributed by atoms with Gasteiger partial charge in [-0.15, -0.1) is 0 Å². The first-order valence-electron chi connectivity index (χ1n) is 18.1. The third-order valence-corrected chi connectivity index (χ3v) is 9.97. The molecule has 0 aliphatic heterocycles. The summed E-state index contributed by atoms with van der Waals surface area (Å²) in [4.78, 5) is 0. The number of benzene rings is 2. The van der Waals surface area contributed by atoms with Crippen LogP contribution in [-0.4, -0.2) is 127 Å². The van der Waals surface area contributed by atoms with E-state index in [1.54, 1.807) is 0 Å². The van der Waals surface area contributed by atoms with E-state index in [-0.39, 0.29) is 0 Å². The predicted octanol–water partition coefficient (Wildman–Crippen LogP) is 7.68. The summed E-state index contributed by atoms with van der Waals surface area (Å²) in [7, 11) is 19.5. The van der Waals surface area contributed by atoms with Crippen LogP contribution in [0.1, 0.15) is 75.3 Å². The highest BCUT2D eigenvalue weighted by atomic mass is 15.3. The highest BCUT2D eigenvalue weighted by molar-refractivity contribution is 5.15. The Morgan fingerprint density at radius 1 is 0.295 bits per heavy atom. The lowest BCUT2D eigenvalue weighted by Crippen LogP contribution is -2.46. The second-order valence-electron chi connectivity index (χ2n) is 16.5.